The Morgan fingerprint density at radius 3 is 1.81 bits per heavy atom. The molecule has 11 heteroatoms. The van der Waals surface area contributed by atoms with Crippen molar-refractivity contribution >= 4 is 36.7 Å². The first-order valence-corrected chi connectivity index (χ1v) is 7.66. The van der Waals surface area contributed by atoms with Gasteiger partial charge in [-0.25, -0.2) is 16.8 Å². The summed E-state index contributed by atoms with van der Waals surface area (Å²) < 4.78 is 66.3. The van der Waals surface area contributed by atoms with E-state index in [4.69, 9.17) is 5.73 Å². The van der Waals surface area contributed by atoms with Crippen molar-refractivity contribution in [1.82, 2.24) is 0 Å². The summed E-state index contributed by atoms with van der Waals surface area (Å²) in [7, 11) is -10.2. The van der Waals surface area contributed by atoms with E-state index in [2.05, 4.69) is 0 Å². The van der Waals surface area contributed by atoms with Crippen LogP contribution in [0.5, 0.6) is 0 Å². The maximum absolute atomic E-state index is 11.1. The monoisotopic (exact) mass is 347 g/mol. The number of nitrogen functional groups attached to an aromatic ring is 1. The molecular weight excluding hydrogens is 340 g/mol. The molecule has 102 valence electrons. The number of nitrogens with two attached hydrogens (primary N) is 1. The van der Waals surface area contributed by atoms with E-state index in [9.17, 15) is 25.9 Å². The fourth-order valence-electron chi connectivity index (χ4n) is 1.70. The number of hydrogen-bond donors (Lipinski definition) is 1. The van der Waals surface area contributed by atoms with Crippen molar-refractivity contribution in [2.45, 2.75) is 9.79 Å². The van der Waals surface area contributed by atoms with Gasteiger partial charge in [-0.2, -0.15) is 0 Å². The van der Waals surface area contributed by atoms with Crippen LogP contribution in [0.15, 0.2) is 40.1 Å². The standard InChI is InChI=1S/C10H9NO6S2.2Na/c11-8-3-1-2-6-4-9(18(12,13)14)10(5-7(6)8)19(15,16)17;;/h1-5H,11H2,(H,12,13,14)(H,15,16,17);;/q;2*+1/p-2. The van der Waals surface area contributed by atoms with Gasteiger partial charge in [-0.3, -0.25) is 0 Å². The summed E-state index contributed by atoms with van der Waals surface area (Å²) in [5.74, 6) is 0. The second kappa shape index (κ2) is 7.26. The first-order chi connectivity index (χ1) is 8.60. The molecule has 21 heavy (non-hydrogen) atoms. The predicted octanol–water partition coefficient (Wildman–Crippen LogP) is -5.76. The average Bonchev–Trinajstić information content (AvgIpc) is 2.25. The molecule has 2 aromatic carbocycles. The molecule has 0 bridgehead atoms. The van der Waals surface area contributed by atoms with E-state index in [1.807, 2.05) is 0 Å². The molecule has 0 aromatic heterocycles. The van der Waals surface area contributed by atoms with Gasteiger partial charge in [-0.1, -0.05) is 12.1 Å². The van der Waals surface area contributed by atoms with Crippen molar-refractivity contribution < 1.29 is 85.1 Å². The van der Waals surface area contributed by atoms with Gasteiger partial charge in [0.25, 0.3) is 0 Å². The Morgan fingerprint density at radius 1 is 0.857 bits per heavy atom. The molecule has 7 nitrogen and oxygen atoms in total. The van der Waals surface area contributed by atoms with Crippen LogP contribution in [0.2, 0.25) is 0 Å². The molecule has 0 heterocycles. The summed E-state index contributed by atoms with van der Waals surface area (Å²) in [4.78, 5) is -2.16. The van der Waals surface area contributed by atoms with E-state index in [0.717, 1.165) is 12.1 Å². The maximum atomic E-state index is 11.1. The molecule has 0 fully saturated rings. The van der Waals surface area contributed by atoms with E-state index in [-0.39, 0.29) is 75.6 Å². The van der Waals surface area contributed by atoms with E-state index in [1.165, 1.54) is 18.2 Å². The van der Waals surface area contributed by atoms with Crippen molar-refractivity contribution in [2.75, 3.05) is 5.73 Å². The second-order valence-corrected chi connectivity index (χ2v) is 6.47. The van der Waals surface area contributed by atoms with E-state index in [0.29, 0.717) is 0 Å². The van der Waals surface area contributed by atoms with Gasteiger partial charge in [-0.05, 0) is 23.6 Å². The summed E-state index contributed by atoms with van der Waals surface area (Å²) in [5.41, 5.74) is 5.77. The average molecular weight is 347 g/mol. The third-order valence-corrected chi connectivity index (χ3v) is 4.40. The zero-order valence-electron chi connectivity index (χ0n) is 11.2. The molecule has 0 aliphatic heterocycles. The van der Waals surface area contributed by atoms with Crippen molar-refractivity contribution in [1.29, 1.82) is 0 Å². The Bertz CT molecular complexity index is 880. The molecule has 2 aromatic rings. The van der Waals surface area contributed by atoms with Crippen LogP contribution in [0.4, 0.5) is 5.69 Å². The smallest absolute Gasteiger partial charge is 0.744 e. The van der Waals surface area contributed by atoms with Crippen LogP contribution in [-0.4, -0.2) is 25.9 Å². The summed E-state index contributed by atoms with van der Waals surface area (Å²) >= 11 is 0. The van der Waals surface area contributed by atoms with Crippen molar-refractivity contribution in [3.8, 4) is 0 Å². The predicted molar refractivity (Wildman–Crippen MR) is 64.3 cm³/mol. The molecule has 0 saturated carbocycles. The van der Waals surface area contributed by atoms with Crippen LogP contribution >= 0.6 is 0 Å². The zero-order valence-corrected chi connectivity index (χ0v) is 16.9. The van der Waals surface area contributed by atoms with E-state index >= 15 is 0 Å². The van der Waals surface area contributed by atoms with Crippen LogP contribution < -0.4 is 64.8 Å². The van der Waals surface area contributed by atoms with Crippen LogP contribution in [-0.2, 0) is 20.2 Å². The fourth-order valence-corrected chi connectivity index (χ4v) is 3.46. The molecule has 0 spiro atoms. The number of hydrogen-bond acceptors (Lipinski definition) is 7. The van der Waals surface area contributed by atoms with Crippen molar-refractivity contribution in [2.24, 2.45) is 0 Å². The first kappa shape index (κ1) is 21.3. The molecular formula is C10H7NNa2O6S2. The Balaban J connectivity index is 0.00000200. The van der Waals surface area contributed by atoms with Gasteiger partial charge in [0.1, 0.15) is 20.2 Å². The quantitative estimate of drug-likeness (QED) is 0.324. The van der Waals surface area contributed by atoms with Crippen molar-refractivity contribution in [3.05, 3.63) is 30.3 Å². The topological polar surface area (TPSA) is 140 Å². The second-order valence-electron chi connectivity index (χ2n) is 3.78. The third kappa shape index (κ3) is 4.64. The largest absolute Gasteiger partial charge is 1.00 e. The zero-order chi connectivity index (χ0) is 14.4. The van der Waals surface area contributed by atoms with Gasteiger partial charge in [0.05, 0.1) is 9.79 Å². The van der Waals surface area contributed by atoms with Crippen LogP contribution in [0.25, 0.3) is 10.8 Å². The van der Waals surface area contributed by atoms with E-state index < -0.39 is 30.0 Å². The number of rotatable bonds is 2. The van der Waals surface area contributed by atoms with Gasteiger partial charge in [0, 0.05) is 11.1 Å². The van der Waals surface area contributed by atoms with Crippen LogP contribution in [0.1, 0.15) is 0 Å². The molecule has 0 amide bonds. The summed E-state index contributed by atoms with van der Waals surface area (Å²) in [5, 5.41) is 0.436. The van der Waals surface area contributed by atoms with Gasteiger partial charge >= 0.3 is 59.1 Å². The molecule has 0 saturated heterocycles. The molecule has 0 aliphatic rings. The first-order valence-electron chi connectivity index (χ1n) is 4.85. The minimum atomic E-state index is -5.11. The fraction of sp³-hybridized carbons (Fsp3) is 0. The Labute approximate surface area is 166 Å². The van der Waals surface area contributed by atoms with Crippen LogP contribution in [0.3, 0.4) is 0 Å². The van der Waals surface area contributed by atoms with Gasteiger partial charge in [-0.15, -0.1) is 0 Å². The Morgan fingerprint density at radius 2 is 1.33 bits per heavy atom. The molecule has 2 N–H and O–H groups in total. The number of anilines is 1. The minimum absolute atomic E-state index is 0. The SMILES string of the molecule is Nc1cccc2cc(S(=O)(=O)[O-])c(S(=O)(=O)[O-])cc12.[Na+].[Na+]. The van der Waals surface area contributed by atoms with Crippen molar-refractivity contribution in [3.63, 3.8) is 0 Å². The molecule has 2 rings (SSSR count). The maximum Gasteiger partial charge on any atom is 1.00 e. The number of fused-ring (bicyclic) bond motifs is 1. The summed E-state index contributed by atoms with van der Waals surface area (Å²) in [6.07, 6.45) is 0. The summed E-state index contributed by atoms with van der Waals surface area (Å²) in [6, 6.07) is 6.04. The van der Waals surface area contributed by atoms with Gasteiger partial charge in [0.2, 0.25) is 0 Å². The number of benzene rings is 2. The molecule has 0 radical (unpaired) electrons. The van der Waals surface area contributed by atoms with Crippen LogP contribution in [0, 0.1) is 0 Å². The summed E-state index contributed by atoms with van der Waals surface area (Å²) in [6.45, 7) is 0. The van der Waals surface area contributed by atoms with Gasteiger partial charge < -0.3 is 14.8 Å². The molecule has 0 atom stereocenters. The van der Waals surface area contributed by atoms with E-state index in [1.54, 1.807) is 0 Å². The minimum Gasteiger partial charge on any atom is -0.744 e. The van der Waals surface area contributed by atoms with Gasteiger partial charge in [0.15, 0.2) is 0 Å². The Hall–Kier alpha value is 0.320. The third-order valence-electron chi connectivity index (χ3n) is 2.52. The normalized spacial score (nSPS) is 11.5. The Kier molecular flexibility index (Phi) is 7.37. The molecule has 0 unspecified atom stereocenters. The molecule has 0 aliphatic carbocycles.